The molecule has 2 aromatic rings. The summed E-state index contributed by atoms with van der Waals surface area (Å²) in [5.74, 6) is 1.45. The van der Waals surface area contributed by atoms with E-state index in [1.165, 1.54) is 18.4 Å². The molecule has 2 N–H and O–H groups in total. The van der Waals surface area contributed by atoms with Gasteiger partial charge in [0, 0.05) is 36.9 Å². The van der Waals surface area contributed by atoms with Crippen LogP contribution in [0.15, 0.2) is 24.0 Å². The van der Waals surface area contributed by atoms with Gasteiger partial charge in [-0.15, -0.1) is 0 Å². The van der Waals surface area contributed by atoms with Crippen LogP contribution in [0.5, 0.6) is 5.75 Å². The zero-order chi connectivity index (χ0) is 21.4. The van der Waals surface area contributed by atoms with Crippen molar-refractivity contribution in [3.8, 4) is 5.75 Å². The van der Waals surface area contributed by atoms with Crippen LogP contribution in [0.2, 0.25) is 5.02 Å². The highest BCUT2D eigenvalue weighted by Crippen LogP contribution is 2.48. The van der Waals surface area contributed by atoms with Gasteiger partial charge in [0.15, 0.2) is 6.29 Å². The summed E-state index contributed by atoms with van der Waals surface area (Å²) in [4.78, 5) is 6.19. The second-order valence-electron chi connectivity index (χ2n) is 8.23. The molecule has 2 aliphatic rings. The van der Waals surface area contributed by atoms with E-state index >= 15 is 0 Å². The molecular formula is C23H31ClN2O4. The maximum atomic E-state index is 10.5. The molecule has 0 amide bonds. The number of aliphatic hydroxyl groups is 1. The Kier molecular flexibility index (Phi) is 6.30. The van der Waals surface area contributed by atoms with Crippen LogP contribution >= 0.6 is 11.6 Å². The molecule has 30 heavy (non-hydrogen) atoms. The number of H-pyrrole nitrogens is 1. The minimum absolute atomic E-state index is 0.167. The number of fused-ring (bicyclic) bond motifs is 5. The first kappa shape index (κ1) is 21.5. The number of ether oxygens (including phenoxy) is 3. The molecule has 1 aromatic carbocycles. The molecule has 1 aromatic heterocycles. The maximum Gasteiger partial charge on any atom is 0.180 e. The monoisotopic (exact) mass is 434 g/mol. The third-order valence-electron chi connectivity index (χ3n) is 6.88. The zero-order valence-corrected chi connectivity index (χ0v) is 18.8. The lowest BCUT2D eigenvalue weighted by Crippen LogP contribution is -2.47. The van der Waals surface area contributed by atoms with Crippen LogP contribution in [0, 0.1) is 11.8 Å². The molecule has 1 unspecified atom stereocenters. The average molecular weight is 435 g/mol. The molecule has 1 saturated heterocycles. The first-order valence-corrected chi connectivity index (χ1v) is 11.0. The average Bonchev–Trinajstić information content (AvgIpc) is 3.17. The molecule has 0 spiro atoms. The van der Waals surface area contributed by atoms with Crippen LogP contribution < -0.4 is 4.74 Å². The number of hydrogen-bond acceptors (Lipinski definition) is 5. The van der Waals surface area contributed by atoms with Gasteiger partial charge in [-0.2, -0.15) is 0 Å². The number of methoxy groups -OCH3 is 3. The van der Waals surface area contributed by atoms with Crippen molar-refractivity contribution in [1.29, 1.82) is 0 Å². The second-order valence-corrected chi connectivity index (χ2v) is 8.64. The van der Waals surface area contributed by atoms with Gasteiger partial charge in [-0.05, 0) is 42.4 Å². The van der Waals surface area contributed by atoms with Gasteiger partial charge in [0.2, 0.25) is 0 Å². The van der Waals surface area contributed by atoms with E-state index < -0.39 is 6.29 Å². The Labute approximate surface area is 182 Å². The summed E-state index contributed by atoms with van der Waals surface area (Å²) in [7, 11) is 4.84. The van der Waals surface area contributed by atoms with Crippen LogP contribution in [0.1, 0.15) is 37.1 Å². The van der Waals surface area contributed by atoms with Crippen molar-refractivity contribution in [1.82, 2.24) is 9.88 Å². The van der Waals surface area contributed by atoms with Crippen molar-refractivity contribution < 1.29 is 19.3 Å². The summed E-state index contributed by atoms with van der Waals surface area (Å²) in [6.45, 7) is 4.19. The van der Waals surface area contributed by atoms with Crippen LogP contribution in [0.25, 0.3) is 10.9 Å². The molecule has 4 rings (SSSR count). The standard InChI is InChI=1S/C23H31ClN2O4/c1-5-13-11-26-9-8-14-20-19(29-3)7-6-17(24)22(20)25-21(14)18(26)10-15(13)16(12-28-2)23(27)30-4/h6-7,12-13,15,18,23,25,27H,5,8-11H2,1-4H3/b16-12+/t13-,15+,18+,23?/m1/s1. The van der Waals surface area contributed by atoms with Crippen LogP contribution in [0.3, 0.4) is 0 Å². The van der Waals surface area contributed by atoms with Gasteiger partial charge in [0.25, 0.3) is 0 Å². The number of aromatic nitrogens is 1. The summed E-state index contributed by atoms with van der Waals surface area (Å²) >= 11 is 6.53. The molecule has 164 valence electrons. The quantitative estimate of drug-likeness (QED) is 0.525. The SMILES string of the molecule is CC[C@@H]1CN2CCc3c([nH]c4c(Cl)ccc(OC)c34)[C@@H]2C[C@@H]1/C(=C\OC)C(O)OC. The Bertz CT molecular complexity index is 941. The molecule has 3 heterocycles. The largest absolute Gasteiger partial charge is 0.504 e. The summed E-state index contributed by atoms with van der Waals surface area (Å²) < 4.78 is 16.2. The third-order valence-corrected chi connectivity index (χ3v) is 7.19. The highest BCUT2D eigenvalue weighted by molar-refractivity contribution is 6.35. The van der Waals surface area contributed by atoms with Crippen molar-refractivity contribution in [3.05, 3.63) is 40.2 Å². The van der Waals surface area contributed by atoms with E-state index in [1.54, 1.807) is 20.5 Å². The number of hydrogen-bond donors (Lipinski definition) is 2. The van der Waals surface area contributed by atoms with E-state index in [4.69, 9.17) is 25.8 Å². The number of nitrogens with zero attached hydrogens (tertiary/aromatic N) is 1. The number of rotatable bonds is 6. The molecule has 0 aliphatic carbocycles. The molecular weight excluding hydrogens is 404 g/mol. The molecule has 7 heteroatoms. The highest BCUT2D eigenvalue weighted by Gasteiger charge is 2.42. The van der Waals surface area contributed by atoms with E-state index in [2.05, 4.69) is 16.8 Å². The molecule has 1 fully saturated rings. The number of aliphatic hydroxyl groups excluding tert-OH is 1. The van der Waals surface area contributed by atoms with E-state index in [0.717, 1.165) is 54.6 Å². The van der Waals surface area contributed by atoms with Gasteiger partial charge >= 0.3 is 0 Å². The lowest BCUT2D eigenvalue weighted by atomic mass is 9.74. The van der Waals surface area contributed by atoms with Gasteiger partial charge in [-0.25, -0.2) is 0 Å². The Hall–Kier alpha value is -1.73. The summed E-state index contributed by atoms with van der Waals surface area (Å²) in [5, 5.41) is 12.3. The first-order chi connectivity index (χ1) is 14.5. The summed E-state index contributed by atoms with van der Waals surface area (Å²) in [5.41, 5.74) is 4.27. The fourth-order valence-corrected chi connectivity index (χ4v) is 5.61. The number of aromatic amines is 1. The number of benzene rings is 1. The Balaban J connectivity index is 1.78. The minimum atomic E-state index is -0.962. The maximum absolute atomic E-state index is 10.5. The Morgan fingerprint density at radius 2 is 2.17 bits per heavy atom. The smallest absolute Gasteiger partial charge is 0.180 e. The van der Waals surface area contributed by atoms with E-state index in [-0.39, 0.29) is 12.0 Å². The van der Waals surface area contributed by atoms with Crippen LogP contribution in [-0.4, -0.2) is 55.7 Å². The molecule has 6 nitrogen and oxygen atoms in total. The van der Waals surface area contributed by atoms with Gasteiger partial charge in [0.05, 0.1) is 37.1 Å². The fraction of sp³-hybridized carbons (Fsp3) is 0.565. The number of piperidine rings is 1. The lowest BCUT2D eigenvalue weighted by molar-refractivity contribution is -0.0627. The van der Waals surface area contributed by atoms with E-state index in [1.807, 2.05) is 12.1 Å². The number of halogens is 1. The van der Waals surface area contributed by atoms with Crippen molar-refractivity contribution in [3.63, 3.8) is 0 Å². The van der Waals surface area contributed by atoms with Gasteiger partial charge in [0.1, 0.15) is 5.75 Å². The summed E-state index contributed by atoms with van der Waals surface area (Å²) in [6, 6.07) is 4.04. The lowest BCUT2D eigenvalue weighted by Gasteiger charge is -2.47. The Morgan fingerprint density at radius 1 is 1.37 bits per heavy atom. The molecule has 2 aliphatic heterocycles. The fourth-order valence-electron chi connectivity index (χ4n) is 5.40. The van der Waals surface area contributed by atoms with Crippen molar-refractivity contribution in [2.24, 2.45) is 11.8 Å². The van der Waals surface area contributed by atoms with Crippen molar-refractivity contribution in [2.75, 3.05) is 34.4 Å². The normalized spacial score (nSPS) is 25.7. The molecule has 4 atom stereocenters. The van der Waals surface area contributed by atoms with Crippen molar-refractivity contribution >= 4 is 22.5 Å². The number of nitrogens with one attached hydrogen (secondary N) is 1. The van der Waals surface area contributed by atoms with Gasteiger partial charge in [-0.1, -0.05) is 24.9 Å². The van der Waals surface area contributed by atoms with E-state index in [0.29, 0.717) is 10.9 Å². The third kappa shape index (κ3) is 3.50. The summed E-state index contributed by atoms with van der Waals surface area (Å²) in [6.07, 6.45) is 3.58. The molecule has 0 saturated carbocycles. The predicted molar refractivity (Wildman–Crippen MR) is 118 cm³/mol. The first-order valence-electron chi connectivity index (χ1n) is 10.6. The zero-order valence-electron chi connectivity index (χ0n) is 18.1. The van der Waals surface area contributed by atoms with Gasteiger partial charge in [-0.3, -0.25) is 4.90 Å². The van der Waals surface area contributed by atoms with E-state index in [9.17, 15) is 5.11 Å². The molecule has 0 bridgehead atoms. The highest BCUT2D eigenvalue weighted by atomic mass is 35.5. The molecule has 0 radical (unpaired) electrons. The second kappa shape index (κ2) is 8.79. The predicted octanol–water partition coefficient (Wildman–Crippen LogP) is 4.27. The van der Waals surface area contributed by atoms with Crippen LogP contribution in [0.4, 0.5) is 0 Å². The Morgan fingerprint density at radius 3 is 2.83 bits per heavy atom. The van der Waals surface area contributed by atoms with Crippen molar-refractivity contribution in [2.45, 2.75) is 38.5 Å². The van der Waals surface area contributed by atoms with Gasteiger partial charge < -0.3 is 24.3 Å². The minimum Gasteiger partial charge on any atom is -0.504 e. The van der Waals surface area contributed by atoms with Crippen LogP contribution in [-0.2, 0) is 15.9 Å². The topological polar surface area (TPSA) is 67.0 Å².